The highest BCUT2D eigenvalue weighted by Gasteiger charge is 2.28. The topological polar surface area (TPSA) is 61.4 Å². The molecule has 1 atom stereocenters. The number of rotatable bonds is 3. The first-order valence-electron chi connectivity index (χ1n) is 8.29. The van der Waals surface area contributed by atoms with Crippen molar-refractivity contribution in [3.8, 4) is 0 Å². The second-order valence-corrected chi connectivity index (χ2v) is 7.00. The molecule has 0 radical (unpaired) electrons. The van der Waals surface area contributed by atoms with Gasteiger partial charge in [0.25, 0.3) is 0 Å². The number of para-hydroxylation sites is 1. The van der Waals surface area contributed by atoms with E-state index in [-0.39, 0.29) is 17.9 Å². The number of hydrogen-bond donors (Lipinski definition) is 2. The number of benzene rings is 2. The quantitative estimate of drug-likeness (QED) is 0.803. The first-order valence-corrected chi connectivity index (χ1v) is 9.08. The minimum absolute atomic E-state index is 0.0460. The Morgan fingerprint density at radius 3 is 2.52 bits per heavy atom. The third kappa shape index (κ3) is 4.82. The van der Waals surface area contributed by atoms with Crippen LogP contribution in [0, 0.1) is 5.92 Å². The molecule has 2 aromatic carbocycles. The van der Waals surface area contributed by atoms with Gasteiger partial charge in [0, 0.05) is 28.9 Å². The van der Waals surface area contributed by atoms with Crippen LogP contribution in [0.1, 0.15) is 12.8 Å². The number of likely N-dealkylation sites (tertiary alicyclic amines) is 1. The van der Waals surface area contributed by atoms with Gasteiger partial charge in [-0.25, -0.2) is 4.79 Å². The summed E-state index contributed by atoms with van der Waals surface area (Å²) in [7, 11) is 0. The summed E-state index contributed by atoms with van der Waals surface area (Å²) >= 11 is 3.40. The highest BCUT2D eigenvalue weighted by Crippen LogP contribution is 2.21. The molecule has 0 unspecified atom stereocenters. The van der Waals surface area contributed by atoms with Gasteiger partial charge in [-0.05, 0) is 43.2 Å². The van der Waals surface area contributed by atoms with E-state index >= 15 is 0 Å². The second-order valence-electron chi connectivity index (χ2n) is 6.08. The van der Waals surface area contributed by atoms with E-state index in [1.54, 1.807) is 4.90 Å². The van der Waals surface area contributed by atoms with Crippen molar-refractivity contribution in [3.05, 3.63) is 59.1 Å². The summed E-state index contributed by atoms with van der Waals surface area (Å²) in [5.41, 5.74) is 1.51. The Morgan fingerprint density at radius 2 is 1.76 bits per heavy atom. The van der Waals surface area contributed by atoms with Crippen molar-refractivity contribution in [2.75, 3.05) is 23.7 Å². The SMILES string of the molecule is O=C(Nc1cccc(Br)c1)[C@H]1CCCN(C(=O)Nc2ccccc2)C1. The maximum absolute atomic E-state index is 12.5. The molecular formula is C19H20BrN3O2. The van der Waals surface area contributed by atoms with Gasteiger partial charge in [0.1, 0.15) is 0 Å². The summed E-state index contributed by atoms with van der Waals surface area (Å²) < 4.78 is 0.915. The van der Waals surface area contributed by atoms with Gasteiger partial charge in [-0.2, -0.15) is 0 Å². The lowest BCUT2D eigenvalue weighted by Gasteiger charge is -2.32. The molecule has 0 aliphatic carbocycles. The second kappa shape index (κ2) is 8.16. The standard InChI is InChI=1S/C19H20BrN3O2/c20-15-7-4-10-17(12-15)21-18(24)14-6-5-11-23(13-14)19(25)22-16-8-2-1-3-9-16/h1-4,7-10,12,14H,5-6,11,13H2,(H,21,24)(H,22,25)/t14-/m0/s1. The Bertz CT molecular complexity index is 751. The minimum Gasteiger partial charge on any atom is -0.326 e. The van der Waals surface area contributed by atoms with Crippen LogP contribution in [0.2, 0.25) is 0 Å². The average molecular weight is 402 g/mol. The molecule has 0 bridgehead atoms. The third-order valence-electron chi connectivity index (χ3n) is 4.20. The van der Waals surface area contributed by atoms with Crippen molar-refractivity contribution >= 4 is 39.2 Å². The van der Waals surface area contributed by atoms with Gasteiger partial charge >= 0.3 is 6.03 Å². The molecule has 25 heavy (non-hydrogen) atoms. The maximum atomic E-state index is 12.5. The number of halogens is 1. The fraction of sp³-hybridized carbons (Fsp3) is 0.263. The predicted molar refractivity (Wildman–Crippen MR) is 103 cm³/mol. The maximum Gasteiger partial charge on any atom is 0.321 e. The highest BCUT2D eigenvalue weighted by molar-refractivity contribution is 9.10. The van der Waals surface area contributed by atoms with E-state index in [0.717, 1.165) is 28.7 Å². The lowest BCUT2D eigenvalue weighted by molar-refractivity contribution is -0.121. The number of carbonyl (C=O) groups is 2. The van der Waals surface area contributed by atoms with Crippen molar-refractivity contribution < 1.29 is 9.59 Å². The Morgan fingerprint density at radius 1 is 1.00 bits per heavy atom. The minimum atomic E-state index is -0.200. The lowest BCUT2D eigenvalue weighted by Crippen LogP contribution is -2.45. The zero-order chi connectivity index (χ0) is 17.6. The summed E-state index contributed by atoms with van der Waals surface area (Å²) in [5, 5.41) is 5.81. The zero-order valence-electron chi connectivity index (χ0n) is 13.7. The van der Waals surface area contributed by atoms with Crippen molar-refractivity contribution in [1.82, 2.24) is 4.90 Å². The van der Waals surface area contributed by atoms with Gasteiger partial charge in [-0.15, -0.1) is 0 Å². The van der Waals surface area contributed by atoms with Crippen LogP contribution >= 0.6 is 15.9 Å². The number of anilines is 2. The summed E-state index contributed by atoms with van der Waals surface area (Å²) in [4.78, 5) is 26.6. The van der Waals surface area contributed by atoms with E-state index in [9.17, 15) is 9.59 Å². The van der Waals surface area contributed by atoms with Crippen LogP contribution in [-0.4, -0.2) is 29.9 Å². The Hall–Kier alpha value is -2.34. The third-order valence-corrected chi connectivity index (χ3v) is 4.69. The molecule has 5 nitrogen and oxygen atoms in total. The van der Waals surface area contributed by atoms with Gasteiger partial charge < -0.3 is 15.5 Å². The number of amides is 3. The Balaban J connectivity index is 1.58. The fourth-order valence-electron chi connectivity index (χ4n) is 2.91. The van der Waals surface area contributed by atoms with E-state index in [1.807, 2.05) is 54.6 Å². The normalized spacial score (nSPS) is 17.0. The molecule has 2 N–H and O–H groups in total. The van der Waals surface area contributed by atoms with Crippen LogP contribution in [0.25, 0.3) is 0 Å². The van der Waals surface area contributed by atoms with Gasteiger partial charge in [0.2, 0.25) is 5.91 Å². The van der Waals surface area contributed by atoms with Crippen LogP contribution in [0.3, 0.4) is 0 Å². The smallest absolute Gasteiger partial charge is 0.321 e. The number of carbonyl (C=O) groups excluding carboxylic acids is 2. The number of hydrogen-bond acceptors (Lipinski definition) is 2. The molecule has 2 aromatic rings. The number of piperidine rings is 1. The zero-order valence-corrected chi connectivity index (χ0v) is 15.3. The van der Waals surface area contributed by atoms with Crippen molar-refractivity contribution in [3.63, 3.8) is 0 Å². The summed E-state index contributed by atoms with van der Waals surface area (Å²) in [6.45, 7) is 1.10. The number of urea groups is 1. The molecular weight excluding hydrogens is 382 g/mol. The predicted octanol–water partition coefficient (Wildman–Crippen LogP) is 4.33. The van der Waals surface area contributed by atoms with Gasteiger partial charge in [-0.3, -0.25) is 4.79 Å². The van der Waals surface area contributed by atoms with Gasteiger partial charge in [0.05, 0.1) is 5.92 Å². The highest BCUT2D eigenvalue weighted by atomic mass is 79.9. The first-order chi connectivity index (χ1) is 12.1. The Labute approximate surface area is 155 Å². The monoisotopic (exact) mass is 401 g/mol. The van der Waals surface area contributed by atoms with Crippen molar-refractivity contribution in [2.24, 2.45) is 5.92 Å². The Kier molecular flexibility index (Phi) is 5.71. The molecule has 130 valence electrons. The van der Waals surface area contributed by atoms with Crippen molar-refractivity contribution in [1.29, 1.82) is 0 Å². The molecule has 1 saturated heterocycles. The van der Waals surface area contributed by atoms with Crippen molar-refractivity contribution in [2.45, 2.75) is 12.8 Å². The van der Waals surface area contributed by atoms with E-state index in [1.165, 1.54) is 0 Å². The number of nitrogens with zero attached hydrogens (tertiary/aromatic N) is 1. The molecule has 0 spiro atoms. The molecule has 1 heterocycles. The molecule has 1 aliphatic heterocycles. The van der Waals surface area contributed by atoms with E-state index in [2.05, 4.69) is 26.6 Å². The molecule has 3 amide bonds. The van der Waals surface area contributed by atoms with Crippen LogP contribution in [0.5, 0.6) is 0 Å². The molecule has 0 aromatic heterocycles. The fourth-order valence-corrected chi connectivity index (χ4v) is 3.31. The molecule has 0 saturated carbocycles. The summed E-state index contributed by atoms with van der Waals surface area (Å²) in [6, 6.07) is 16.7. The number of nitrogens with one attached hydrogen (secondary N) is 2. The van der Waals surface area contributed by atoms with Crippen LogP contribution in [0.15, 0.2) is 59.1 Å². The molecule has 3 rings (SSSR count). The van der Waals surface area contributed by atoms with Crippen LogP contribution in [-0.2, 0) is 4.79 Å². The lowest BCUT2D eigenvalue weighted by atomic mass is 9.97. The first kappa shape index (κ1) is 17.5. The van der Waals surface area contributed by atoms with Crippen LogP contribution < -0.4 is 10.6 Å². The van der Waals surface area contributed by atoms with Gasteiger partial charge in [-0.1, -0.05) is 40.2 Å². The van der Waals surface area contributed by atoms with E-state index in [0.29, 0.717) is 13.1 Å². The summed E-state index contributed by atoms with van der Waals surface area (Å²) in [6.07, 6.45) is 1.60. The van der Waals surface area contributed by atoms with Gasteiger partial charge in [0.15, 0.2) is 0 Å². The molecule has 6 heteroatoms. The average Bonchev–Trinajstić information content (AvgIpc) is 2.62. The molecule has 1 aliphatic rings. The molecule has 1 fully saturated rings. The van der Waals surface area contributed by atoms with E-state index in [4.69, 9.17) is 0 Å². The van der Waals surface area contributed by atoms with Crippen LogP contribution in [0.4, 0.5) is 16.2 Å². The summed E-state index contributed by atoms with van der Waals surface area (Å²) in [5.74, 6) is -0.246. The van der Waals surface area contributed by atoms with E-state index < -0.39 is 0 Å². The largest absolute Gasteiger partial charge is 0.326 e.